The van der Waals surface area contributed by atoms with Gasteiger partial charge < -0.3 is 8.85 Å². The smallest absolute Gasteiger partial charge is 0.192 e. The Kier molecular flexibility index (Phi) is 18.6. The predicted molar refractivity (Wildman–Crippen MR) is 193 cm³/mol. The minimum atomic E-state index is -1.91. The van der Waals surface area contributed by atoms with E-state index >= 15 is 0 Å². The quantitative estimate of drug-likeness (QED) is 0.0726. The minimum absolute atomic E-state index is 0.194. The van der Waals surface area contributed by atoms with E-state index in [0.717, 1.165) is 6.42 Å². The molecule has 40 heavy (non-hydrogen) atoms. The Labute approximate surface area is 257 Å². The van der Waals surface area contributed by atoms with Crippen molar-refractivity contribution in [2.75, 3.05) is 24.6 Å². The lowest BCUT2D eigenvalue weighted by atomic mass is 9.83. The van der Waals surface area contributed by atoms with Crippen LogP contribution in [0.4, 0.5) is 0 Å². The van der Waals surface area contributed by atoms with Crippen molar-refractivity contribution < 1.29 is 8.85 Å². The molecule has 0 aromatic rings. The van der Waals surface area contributed by atoms with Crippen molar-refractivity contribution >= 4 is 23.9 Å². The lowest BCUT2D eigenvalue weighted by molar-refractivity contribution is -0.00549. The zero-order valence-electron chi connectivity index (χ0n) is 30.5. The predicted octanol–water partition coefficient (Wildman–Crippen LogP) is 12.3. The molecule has 0 aliphatic heterocycles. The largest absolute Gasteiger partial charge is 0.414 e. The third kappa shape index (κ3) is 14.3. The van der Waals surface area contributed by atoms with Gasteiger partial charge in [0.25, 0.3) is 0 Å². The molecule has 0 unspecified atom stereocenters. The zero-order valence-corrected chi connectivity index (χ0v) is 33.4. The Morgan fingerprint density at radius 2 is 1.20 bits per heavy atom. The maximum absolute atomic E-state index is 7.24. The van der Waals surface area contributed by atoms with Crippen LogP contribution >= 0.6 is 7.26 Å². The van der Waals surface area contributed by atoms with Crippen LogP contribution < -0.4 is 0 Å². The molecule has 0 saturated heterocycles. The normalized spacial score (nSPS) is 17.9. The second kappa shape index (κ2) is 18.4. The lowest BCUT2D eigenvalue weighted by Gasteiger charge is -2.46. The van der Waals surface area contributed by atoms with E-state index in [4.69, 9.17) is 8.85 Å². The van der Waals surface area contributed by atoms with Crippen LogP contribution in [0, 0.1) is 17.8 Å². The number of allylic oxidation sites excluding steroid dienone is 1. The van der Waals surface area contributed by atoms with Crippen molar-refractivity contribution in [3.8, 4) is 0 Å². The first kappa shape index (κ1) is 40.5. The summed E-state index contributed by atoms with van der Waals surface area (Å²) in [4.78, 5) is 0. The molecule has 0 heterocycles. The highest BCUT2D eigenvalue weighted by Gasteiger charge is 2.44. The van der Waals surface area contributed by atoms with Gasteiger partial charge in [-0.1, -0.05) is 101 Å². The molecule has 0 radical (unpaired) electrons. The van der Waals surface area contributed by atoms with E-state index in [0.29, 0.717) is 17.8 Å². The summed E-state index contributed by atoms with van der Waals surface area (Å²) in [6.07, 6.45) is 18.2. The first-order valence-electron chi connectivity index (χ1n) is 17.2. The van der Waals surface area contributed by atoms with E-state index in [-0.39, 0.29) is 17.2 Å². The topological polar surface area (TPSA) is 18.5 Å². The molecule has 0 spiro atoms. The van der Waals surface area contributed by atoms with Gasteiger partial charge in [-0.15, -0.1) is 0 Å². The van der Waals surface area contributed by atoms with Gasteiger partial charge in [0.2, 0.25) is 0 Å². The van der Waals surface area contributed by atoms with Crippen molar-refractivity contribution in [2.24, 2.45) is 17.8 Å². The second-order valence-corrected chi connectivity index (χ2v) is 29.4. The molecule has 2 nitrogen and oxygen atoms in total. The molecule has 0 fully saturated rings. The van der Waals surface area contributed by atoms with Crippen LogP contribution in [0.25, 0.3) is 0 Å². The molecule has 5 atom stereocenters. The van der Waals surface area contributed by atoms with E-state index in [1.165, 1.54) is 63.2 Å². The summed E-state index contributed by atoms with van der Waals surface area (Å²) in [5, 5.41) is 0.207. The molecule has 0 aliphatic rings. The van der Waals surface area contributed by atoms with Crippen molar-refractivity contribution in [2.45, 2.75) is 171 Å². The molecule has 240 valence electrons. The Morgan fingerprint density at radius 3 is 1.55 bits per heavy atom. The van der Waals surface area contributed by atoms with Gasteiger partial charge in [0.05, 0.1) is 36.9 Å². The Hall–Kier alpha value is 0.524. The van der Waals surface area contributed by atoms with Gasteiger partial charge in [-0.2, -0.15) is 0 Å². The van der Waals surface area contributed by atoms with Crippen molar-refractivity contribution in [1.29, 1.82) is 0 Å². The zero-order chi connectivity index (χ0) is 31.4. The lowest BCUT2D eigenvalue weighted by Crippen LogP contribution is -2.51. The molecule has 0 bridgehead atoms. The second-order valence-electron chi connectivity index (χ2n) is 15.9. The monoisotopic (exact) mass is 616 g/mol. The number of rotatable bonds is 21. The van der Waals surface area contributed by atoms with E-state index < -0.39 is 23.9 Å². The Bertz CT molecular complexity index is 685. The average molecular weight is 616 g/mol. The van der Waals surface area contributed by atoms with E-state index in [1.54, 1.807) is 5.57 Å². The highest BCUT2D eigenvalue weighted by molar-refractivity contribution is 7.76. The van der Waals surface area contributed by atoms with Crippen molar-refractivity contribution in [3.05, 3.63) is 11.6 Å². The summed E-state index contributed by atoms with van der Waals surface area (Å²) in [5.74, 6) is 1.27. The molecule has 0 amide bonds. The maximum atomic E-state index is 7.24. The highest BCUT2D eigenvalue weighted by Crippen LogP contribution is 2.62. The highest BCUT2D eigenvalue weighted by atomic mass is 31.2. The fourth-order valence-corrected chi connectivity index (χ4v) is 14.0. The SMILES string of the molecule is CCCC[P+](CCCC)(CCCC)C/C(C)=C/[C@@H](C)[C@H](O[Si](C)(C)C)[C@@H](C)[C@H](O[Si](C)(C)C(C)(C)C)[C@@H](C)CC. The van der Waals surface area contributed by atoms with Crippen molar-refractivity contribution in [1.82, 2.24) is 0 Å². The summed E-state index contributed by atoms with van der Waals surface area (Å²) < 4.78 is 14.3. The van der Waals surface area contributed by atoms with Gasteiger partial charge >= 0.3 is 0 Å². The summed E-state index contributed by atoms with van der Waals surface area (Å²) in [5.41, 5.74) is 1.63. The average Bonchev–Trinajstić information content (AvgIpc) is 2.84. The van der Waals surface area contributed by atoms with E-state index in [2.05, 4.69) is 115 Å². The van der Waals surface area contributed by atoms with Crippen LogP contribution in [0.1, 0.15) is 121 Å². The third-order valence-corrected chi connectivity index (χ3v) is 20.0. The molecule has 0 aromatic carbocycles. The maximum Gasteiger partial charge on any atom is 0.192 e. The van der Waals surface area contributed by atoms with Gasteiger partial charge in [-0.05, 0) is 81.4 Å². The Balaban J connectivity index is 6.37. The molecule has 0 aliphatic carbocycles. The first-order chi connectivity index (χ1) is 18.3. The molecule has 0 aromatic heterocycles. The van der Waals surface area contributed by atoms with Gasteiger partial charge in [0.1, 0.15) is 0 Å². The van der Waals surface area contributed by atoms with Gasteiger partial charge in [0.15, 0.2) is 16.6 Å². The van der Waals surface area contributed by atoms with Crippen LogP contribution in [-0.4, -0.2) is 53.5 Å². The Morgan fingerprint density at radius 1 is 0.750 bits per heavy atom. The van der Waals surface area contributed by atoms with Gasteiger partial charge in [-0.25, -0.2) is 0 Å². The van der Waals surface area contributed by atoms with Crippen molar-refractivity contribution in [3.63, 3.8) is 0 Å². The summed E-state index contributed by atoms with van der Waals surface area (Å²) in [6, 6.07) is 0. The van der Waals surface area contributed by atoms with Crippen LogP contribution in [0.3, 0.4) is 0 Å². The summed E-state index contributed by atoms with van der Waals surface area (Å²) in [7, 11) is -4.61. The van der Waals surface area contributed by atoms with Crippen LogP contribution in [0.15, 0.2) is 11.6 Å². The van der Waals surface area contributed by atoms with Crippen LogP contribution in [0.2, 0.25) is 37.8 Å². The number of hydrogen-bond donors (Lipinski definition) is 0. The fourth-order valence-electron chi connectivity index (χ4n) is 5.96. The van der Waals surface area contributed by atoms with E-state index in [1.807, 2.05) is 0 Å². The van der Waals surface area contributed by atoms with Gasteiger partial charge in [-0.3, -0.25) is 0 Å². The van der Waals surface area contributed by atoms with Gasteiger partial charge in [0, 0.05) is 13.2 Å². The molecule has 0 rings (SSSR count). The van der Waals surface area contributed by atoms with Crippen LogP contribution in [0.5, 0.6) is 0 Å². The van der Waals surface area contributed by atoms with E-state index in [9.17, 15) is 0 Å². The molecule has 0 N–H and O–H groups in total. The molecular weight excluding hydrogens is 540 g/mol. The summed E-state index contributed by atoms with van der Waals surface area (Å²) >= 11 is 0. The first-order valence-corrected chi connectivity index (χ1v) is 26.0. The standard InChI is InChI=1S/C35H76O2PSi2/c1-17-21-24-38(25-22-18-2,26-23-19-3)28-29(5)27-31(7)34(36-39(12,13)14)32(8)33(30(6)20-4)37-40(15,16)35(9,10)11/h27,30-34H,17-26,28H2,1-16H3/q+1/b29-27+/t30-,31+,32-,33+,34-/m0/s1. The molecule has 5 heteroatoms. The van der Waals surface area contributed by atoms with Crippen LogP contribution in [-0.2, 0) is 8.85 Å². The third-order valence-electron chi connectivity index (χ3n) is 9.58. The molecule has 0 saturated carbocycles. The number of unbranched alkanes of at least 4 members (excludes halogenated alkanes) is 3. The minimum Gasteiger partial charge on any atom is -0.414 e. The summed E-state index contributed by atoms with van der Waals surface area (Å²) in [6.45, 7) is 38.2. The number of hydrogen-bond acceptors (Lipinski definition) is 2. The molecular formula is C35H76O2PSi2+. The fraction of sp³-hybridized carbons (Fsp3) is 0.943.